The molecule has 8 N–H and O–H groups in total. The van der Waals surface area contributed by atoms with E-state index in [9.17, 15) is 0 Å². The SMILES string of the molecule is NNc1ccc(NN)c(N)c1. The average Bonchev–Trinajstić information content (AvgIpc) is 2.04. The maximum absolute atomic E-state index is 5.57. The van der Waals surface area contributed by atoms with Crippen molar-refractivity contribution in [3.05, 3.63) is 18.2 Å². The van der Waals surface area contributed by atoms with E-state index in [4.69, 9.17) is 17.4 Å². The van der Waals surface area contributed by atoms with E-state index < -0.39 is 0 Å². The van der Waals surface area contributed by atoms with Crippen LogP contribution in [-0.4, -0.2) is 0 Å². The lowest BCUT2D eigenvalue weighted by molar-refractivity contribution is 1.33. The molecule has 1 rings (SSSR count). The highest BCUT2D eigenvalue weighted by Crippen LogP contribution is 2.20. The smallest absolute Gasteiger partial charge is 0.0717 e. The van der Waals surface area contributed by atoms with Crippen molar-refractivity contribution in [2.45, 2.75) is 0 Å². The molecular weight excluding hydrogens is 142 g/mol. The zero-order chi connectivity index (χ0) is 8.27. The summed E-state index contributed by atoms with van der Waals surface area (Å²) in [5.74, 6) is 10.3. The van der Waals surface area contributed by atoms with E-state index in [2.05, 4.69) is 10.9 Å². The molecule has 1 aromatic carbocycles. The molecule has 5 heteroatoms. The minimum atomic E-state index is 0.558. The number of hydrazine groups is 2. The lowest BCUT2D eigenvalue weighted by Gasteiger charge is -2.06. The lowest BCUT2D eigenvalue weighted by Crippen LogP contribution is -2.11. The van der Waals surface area contributed by atoms with Crippen molar-refractivity contribution in [2.24, 2.45) is 11.7 Å². The average molecular weight is 153 g/mol. The number of nitrogen functional groups attached to an aromatic ring is 3. The summed E-state index contributed by atoms with van der Waals surface area (Å²) in [5, 5.41) is 0. The van der Waals surface area contributed by atoms with Gasteiger partial charge in [0.2, 0.25) is 0 Å². The van der Waals surface area contributed by atoms with Crippen LogP contribution in [0.1, 0.15) is 0 Å². The highest BCUT2D eigenvalue weighted by molar-refractivity contribution is 5.70. The van der Waals surface area contributed by atoms with Crippen LogP contribution in [0.15, 0.2) is 18.2 Å². The Morgan fingerprint density at radius 2 is 1.82 bits per heavy atom. The first-order valence-corrected chi connectivity index (χ1v) is 3.10. The molecule has 0 fully saturated rings. The second kappa shape index (κ2) is 3.09. The molecule has 0 aliphatic rings. The summed E-state index contributed by atoms with van der Waals surface area (Å²) in [6.45, 7) is 0. The molecule has 1 aromatic rings. The van der Waals surface area contributed by atoms with Crippen molar-refractivity contribution in [3.63, 3.8) is 0 Å². The molecule has 0 unspecified atom stereocenters. The van der Waals surface area contributed by atoms with Crippen molar-refractivity contribution in [1.82, 2.24) is 0 Å². The first-order chi connectivity index (χ1) is 5.27. The van der Waals surface area contributed by atoms with Crippen molar-refractivity contribution in [3.8, 4) is 0 Å². The van der Waals surface area contributed by atoms with Gasteiger partial charge in [0.05, 0.1) is 17.1 Å². The summed E-state index contributed by atoms with van der Waals surface area (Å²) in [7, 11) is 0. The maximum Gasteiger partial charge on any atom is 0.0717 e. The second-order valence-corrected chi connectivity index (χ2v) is 2.09. The van der Waals surface area contributed by atoms with Gasteiger partial charge in [0.1, 0.15) is 0 Å². The van der Waals surface area contributed by atoms with E-state index in [1.807, 2.05) is 0 Å². The minimum absolute atomic E-state index is 0.558. The third-order valence-corrected chi connectivity index (χ3v) is 1.37. The molecule has 0 radical (unpaired) electrons. The van der Waals surface area contributed by atoms with Gasteiger partial charge in [-0.15, -0.1) is 0 Å². The fourth-order valence-corrected chi connectivity index (χ4v) is 0.784. The molecule has 0 saturated heterocycles. The number of rotatable bonds is 2. The van der Waals surface area contributed by atoms with E-state index in [0.29, 0.717) is 11.4 Å². The Bertz CT molecular complexity index is 247. The van der Waals surface area contributed by atoms with E-state index in [1.165, 1.54) is 0 Å². The van der Waals surface area contributed by atoms with Gasteiger partial charge in [0.25, 0.3) is 0 Å². The first-order valence-electron chi connectivity index (χ1n) is 3.10. The fourth-order valence-electron chi connectivity index (χ4n) is 0.784. The molecule has 0 amide bonds. The third kappa shape index (κ3) is 1.51. The Labute approximate surface area is 64.5 Å². The number of hydrogen-bond acceptors (Lipinski definition) is 5. The maximum atomic E-state index is 5.57. The molecule has 0 aliphatic carbocycles. The van der Waals surface area contributed by atoms with Gasteiger partial charge in [-0.25, -0.2) is 0 Å². The van der Waals surface area contributed by atoms with Gasteiger partial charge < -0.3 is 16.6 Å². The molecular formula is C6H11N5. The summed E-state index contributed by atoms with van der Waals surface area (Å²) in [4.78, 5) is 0. The van der Waals surface area contributed by atoms with Crippen LogP contribution in [0.4, 0.5) is 17.1 Å². The van der Waals surface area contributed by atoms with Gasteiger partial charge in [0.15, 0.2) is 0 Å². The van der Waals surface area contributed by atoms with Gasteiger partial charge in [-0.3, -0.25) is 11.7 Å². The molecule has 0 heterocycles. The van der Waals surface area contributed by atoms with E-state index >= 15 is 0 Å². The van der Waals surface area contributed by atoms with Crippen molar-refractivity contribution >= 4 is 17.1 Å². The molecule has 11 heavy (non-hydrogen) atoms. The van der Waals surface area contributed by atoms with Crippen LogP contribution in [0, 0.1) is 0 Å². The molecule has 60 valence electrons. The third-order valence-electron chi connectivity index (χ3n) is 1.37. The van der Waals surface area contributed by atoms with Crippen LogP contribution in [0.3, 0.4) is 0 Å². The number of nitrogens with two attached hydrogens (primary N) is 3. The predicted octanol–water partition coefficient (Wildman–Crippen LogP) is -0.160. The molecule has 0 saturated carbocycles. The summed E-state index contributed by atoms with van der Waals surface area (Å²) in [6.07, 6.45) is 0. The molecule has 5 nitrogen and oxygen atoms in total. The van der Waals surface area contributed by atoms with Crippen LogP contribution in [0.5, 0.6) is 0 Å². The van der Waals surface area contributed by atoms with Crippen LogP contribution in [0.2, 0.25) is 0 Å². The largest absolute Gasteiger partial charge is 0.397 e. The van der Waals surface area contributed by atoms with Gasteiger partial charge in [-0.05, 0) is 18.2 Å². The molecule has 0 aromatic heterocycles. The normalized spacial score (nSPS) is 9.27. The molecule has 0 atom stereocenters. The Morgan fingerprint density at radius 3 is 2.27 bits per heavy atom. The Balaban J connectivity index is 2.99. The van der Waals surface area contributed by atoms with Gasteiger partial charge in [-0.2, -0.15) is 0 Å². The van der Waals surface area contributed by atoms with E-state index in [-0.39, 0.29) is 0 Å². The van der Waals surface area contributed by atoms with Crippen LogP contribution < -0.4 is 28.3 Å². The zero-order valence-corrected chi connectivity index (χ0v) is 5.96. The molecule has 0 bridgehead atoms. The van der Waals surface area contributed by atoms with Gasteiger partial charge >= 0.3 is 0 Å². The van der Waals surface area contributed by atoms with E-state index in [0.717, 1.165) is 5.69 Å². The predicted molar refractivity (Wildman–Crippen MR) is 46.5 cm³/mol. The van der Waals surface area contributed by atoms with Crippen LogP contribution >= 0.6 is 0 Å². The standard InChI is InChI=1S/C6H11N5/c7-5-3-4(10-8)1-2-6(5)11-9/h1-3,10-11H,7-9H2. The fraction of sp³-hybridized carbons (Fsp3) is 0. The van der Waals surface area contributed by atoms with Gasteiger partial charge in [0, 0.05) is 0 Å². The quantitative estimate of drug-likeness (QED) is 0.231. The van der Waals surface area contributed by atoms with Crippen molar-refractivity contribution in [2.75, 3.05) is 16.6 Å². The lowest BCUT2D eigenvalue weighted by atomic mass is 10.2. The minimum Gasteiger partial charge on any atom is -0.397 e. The monoisotopic (exact) mass is 153 g/mol. The number of benzene rings is 1. The highest BCUT2D eigenvalue weighted by atomic mass is 15.2. The summed E-state index contributed by atoms with van der Waals surface area (Å²) < 4.78 is 0. The number of hydrogen-bond donors (Lipinski definition) is 5. The first kappa shape index (κ1) is 7.64. The summed E-state index contributed by atoms with van der Waals surface area (Å²) >= 11 is 0. The van der Waals surface area contributed by atoms with Crippen LogP contribution in [0.25, 0.3) is 0 Å². The van der Waals surface area contributed by atoms with Crippen molar-refractivity contribution in [1.29, 1.82) is 0 Å². The summed E-state index contributed by atoms with van der Waals surface area (Å²) in [6, 6.07) is 5.20. The van der Waals surface area contributed by atoms with Crippen molar-refractivity contribution < 1.29 is 0 Å². The summed E-state index contributed by atoms with van der Waals surface area (Å²) in [5.41, 5.74) is 12.5. The Morgan fingerprint density at radius 1 is 1.09 bits per heavy atom. The molecule has 0 aliphatic heterocycles. The van der Waals surface area contributed by atoms with E-state index in [1.54, 1.807) is 18.2 Å². The second-order valence-electron chi connectivity index (χ2n) is 2.09. The zero-order valence-electron chi connectivity index (χ0n) is 5.96. The van der Waals surface area contributed by atoms with Crippen LogP contribution in [-0.2, 0) is 0 Å². The number of anilines is 3. The Hall–Kier alpha value is -1.46. The molecule has 0 spiro atoms. The Kier molecular flexibility index (Phi) is 2.15. The topological polar surface area (TPSA) is 102 Å². The number of nitrogens with one attached hydrogen (secondary N) is 2. The van der Waals surface area contributed by atoms with Gasteiger partial charge in [-0.1, -0.05) is 0 Å². The highest BCUT2D eigenvalue weighted by Gasteiger charge is 1.96.